The molecule has 0 saturated heterocycles. The summed E-state index contributed by atoms with van der Waals surface area (Å²) in [5.41, 5.74) is 3.19. The maximum absolute atomic E-state index is 13.0. The van der Waals surface area contributed by atoms with Gasteiger partial charge in [0, 0.05) is 0 Å². The molecule has 0 aliphatic heterocycles. The molecule has 0 aliphatic carbocycles. The Morgan fingerprint density at radius 1 is 0.889 bits per heavy atom. The van der Waals surface area contributed by atoms with Gasteiger partial charge >= 0.3 is 0 Å². The third kappa shape index (κ3) is 4.98. The topological polar surface area (TPSA) is 38.3 Å². The molecule has 3 aromatic rings. The summed E-state index contributed by atoms with van der Waals surface area (Å²) in [7, 11) is 0. The van der Waals surface area contributed by atoms with Crippen LogP contribution in [0.25, 0.3) is 0 Å². The van der Waals surface area contributed by atoms with Crippen molar-refractivity contribution in [2.24, 2.45) is 0 Å². The Bertz CT molecular complexity index is 822. The fourth-order valence-electron chi connectivity index (χ4n) is 3.06. The highest BCUT2D eigenvalue weighted by molar-refractivity contribution is 5.82. The first-order valence-corrected chi connectivity index (χ1v) is 9.31. The molecule has 0 aliphatic rings. The van der Waals surface area contributed by atoms with E-state index in [4.69, 9.17) is 4.74 Å². The lowest BCUT2D eigenvalue weighted by Gasteiger charge is -2.24. The van der Waals surface area contributed by atoms with Crippen LogP contribution in [0.3, 0.4) is 0 Å². The van der Waals surface area contributed by atoms with Crippen LogP contribution in [0.5, 0.6) is 5.75 Å². The quantitative estimate of drug-likeness (QED) is 0.640. The highest BCUT2D eigenvalue weighted by Crippen LogP contribution is 2.23. The van der Waals surface area contributed by atoms with E-state index >= 15 is 0 Å². The van der Waals surface area contributed by atoms with Crippen LogP contribution in [-0.2, 0) is 4.79 Å². The average Bonchev–Trinajstić information content (AvgIpc) is 2.71. The van der Waals surface area contributed by atoms with Crippen molar-refractivity contribution in [3.05, 3.63) is 102 Å². The number of nitrogens with one attached hydrogen (secondary N) is 1. The molecule has 0 bridgehead atoms. The summed E-state index contributed by atoms with van der Waals surface area (Å²) in [6, 6.07) is 27.6. The molecule has 0 spiro atoms. The van der Waals surface area contributed by atoms with Gasteiger partial charge in [0.05, 0.1) is 6.04 Å². The van der Waals surface area contributed by atoms with Crippen LogP contribution < -0.4 is 10.1 Å². The van der Waals surface area contributed by atoms with Crippen molar-refractivity contribution >= 4 is 5.91 Å². The zero-order valence-electron chi connectivity index (χ0n) is 15.8. The van der Waals surface area contributed by atoms with E-state index in [1.165, 1.54) is 0 Å². The molecule has 0 aromatic heterocycles. The number of rotatable bonds is 7. The van der Waals surface area contributed by atoms with E-state index in [2.05, 4.69) is 5.32 Å². The molecular weight excluding hydrogens is 334 g/mol. The van der Waals surface area contributed by atoms with Crippen LogP contribution in [0.15, 0.2) is 84.9 Å². The van der Waals surface area contributed by atoms with Crippen molar-refractivity contribution in [3.63, 3.8) is 0 Å². The second-order valence-corrected chi connectivity index (χ2v) is 6.59. The normalized spacial score (nSPS) is 11.8. The molecule has 1 amide bonds. The zero-order chi connectivity index (χ0) is 19.1. The van der Waals surface area contributed by atoms with E-state index in [0.29, 0.717) is 12.2 Å². The van der Waals surface area contributed by atoms with Crippen molar-refractivity contribution in [3.8, 4) is 5.75 Å². The fourth-order valence-corrected chi connectivity index (χ4v) is 3.06. The van der Waals surface area contributed by atoms with Gasteiger partial charge in [-0.1, -0.05) is 79.7 Å². The Morgan fingerprint density at radius 2 is 1.48 bits per heavy atom. The number of hydrogen-bond donors (Lipinski definition) is 1. The van der Waals surface area contributed by atoms with Crippen molar-refractivity contribution in [1.82, 2.24) is 5.32 Å². The van der Waals surface area contributed by atoms with Gasteiger partial charge in [0.2, 0.25) is 0 Å². The first-order valence-electron chi connectivity index (χ1n) is 9.31. The maximum atomic E-state index is 13.0. The second-order valence-electron chi connectivity index (χ2n) is 6.59. The minimum Gasteiger partial charge on any atom is -0.481 e. The Hall–Kier alpha value is -3.07. The molecule has 3 aromatic carbocycles. The number of aryl methyl sites for hydroxylation is 1. The van der Waals surface area contributed by atoms with Crippen LogP contribution in [-0.4, -0.2) is 12.0 Å². The predicted octanol–water partition coefficient (Wildman–Crippen LogP) is 5.06. The van der Waals surface area contributed by atoms with Crippen LogP contribution in [0.1, 0.15) is 36.1 Å². The monoisotopic (exact) mass is 359 g/mol. The fraction of sp³-hybridized carbons (Fsp3) is 0.208. The molecule has 0 radical (unpaired) electrons. The first kappa shape index (κ1) is 18.7. The molecule has 0 fully saturated rings. The van der Waals surface area contributed by atoms with Gasteiger partial charge in [-0.3, -0.25) is 4.79 Å². The highest BCUT2D eigenvalue weighted by atomic mass is 16.5. The summed E-state index contributed by atoms with van der Waals surface area (Å²) < 4.78 is 5.97. The number of amides is 1. The van der Waals surface area contributed by atoms with Gasteiger partial charge in [0.15, 0.2) is 6.10 Å². The van der Waals surface area contributed by atoms with Crippen LogP contribution in [0.2, 0.25) is 0 Å². The van der Waals surface area contributed by atoms with E-state index in [1.54, 1.807) is 0 Å². The van der Waals surface area contributed by atoms with Gasteiger partial charge in [-0.05, 0) is 42.2 Å². The third-order valence-electron chi connectivity index (χ3n) is 4.48. The highest BCUT2D eigenvalue weighted by Gasteiger charge is 2.23. The van der Waals surface area contributed by atoms with E-state index in [9.17, 15) is 4.79 Å². The molecule has 1 N–H and O–H groups in total. The zero-order valence-corrected chi connectivity index (χ0v) is 15.8. The molecule has 0 saturated carbocycles. The predicted molar refractivity (Wildman–Crippen MR) is 109 cm³/mol. The van der Waals surface area contributed by atoms with Gasteiger partial charge in [0.25, 0.3) is 5.91 Å². The summed E-state index contributed by atoms with van der Waals surface area (Å²) in [5, 5.41) is 3.17. The molecule has 1 unspecified atom stereocenters. The van der Waals surface area contributed by atoms with Crippen molar-refractivity contribution in [2.75, 3.05) is 0 Å². The molecule has 138 valence electrons. The molecular formula is C24H25NO2. The van der Waals surface area contributed by atoms with Gasteiger partial charge in [0.1, 0.15) is 5.75 Å². The maximum Gasteiger partial charge on any atom is 0.261 e. The van der Waals surface area contributed by atoms with E-state index in [0.717, 1.165) is 16.7 Å². The van der Waals surface area contributed by atoms with E-state index < -0.39 is 6.10 Å². The number of hydrogen-bond acceptors (Lipinski definition) is 2. The van der Waals surface area contributed by atoms with Gasteiger partial charge in [-0.2, -0.15) is 0 Å². The Labute approximate surface area is 161 Å². The third-order valence-corrected chi connectivity index (χ3v) is 4.48. The van der Waals surface area contributed by atoms with Crippen LogP contribution in [0, 0.1) is 6.92 Å². The molecule has 27 heavy (non-hydrogen) atoms. The summed E-state index contributed by atoms with van der Waals surface area (Å²) in [6.07, 6.45) is 0.0533. The summed E-state index contributed by atoms with van der Waals surface area (Å²) >= 11 is 0. The lowest BCUT2D eigenvalue weighted by Crippen LogP contribution is -2.40. The van der Waals surface area contributed by atoms with Gasteiger partial charge in [-0.15, -0.1) is 0 Å². The number of carbonyl (C=O) groups is 1. The molecule has 3 rings (SSSR count). The molecule has 0 heterocycles. The van der Waals surface area contributed by atoms with Crippen LogP contribution >= 0.6 is 0 Å². The molecule has 3 nitrogen and oxygen atoms in total. The number of benzene rings is 3. The summed E-state index contributed by atoms with van der Waals surface area (Å²) in [4.78, 5) is 13.0. The summed E-state index contributed by atoms with van der Waals surface area (Å²) in [6.45, 7) is 3.97. The Kier molecular flexibility index (Phi) is 6.26. The molecule has 3 heteroatoms. The SMILES string of the molecule is CCC(Oc1cccc(C)c1)C(=O)NC(c1ccccc1)c1ccccc1. The average molecular weight is 359 g/mol. The van der Waals surface area contributed by atoms with Crippen molar-refractivity contribution < 1.29 is 9.53 Å². The van der Waals surface area contributed by atoms with Gasteiger partial charge in [-0.25, -0.2) is 0 Å². The van der Waals surface area contributed by atoms with E-state index in [-0.39, 0.29) is 11.9 Å². The minimum absolute atomic E-state index is 0.114. The lowest BCUT2D eigenvalue weighted by atomic mass is 9.98. The van der Waals surface area contributed by atoms with Crippen molar-refractivity contribution in [1.29, 1.82) is 0 Å². The van der Waals surface area contributed by atoms with E-state index in [1.807, 2.05) is 98.8 Å². The number of ether oxygens (including phenoxy) is 1. The first-order chi connectivity index (χ1) is 13.2. The molecule has 1 atom stereocenters. The lowest BCUT2D eigenvalue weighted by molar-refractivity contribution is -0.128. The smallest absolute Gasteiger partial charge is 0.261 e. The number of carbonyl (C=O) groups excluding carboxylic acids is 1. The second kappa shape index (κ2) is 9.04. The standard InChI is InChI=1S/C24H25NO2/c1-3-22(27-21-16-10-11-18(2)17-21)24(26)25-23(19-12-6-4-7-13-19)20-14-8-5-9-15-20/h4-17,22-23H,3H2,1-2H3,(H,25,26). The Balaban J connectivity index is 1.80. The largest absolute Gasteiger partial charge is 0.481 e. The van der Waals surface area contributed by atoms with Crippen molar-refractivity contribution in [2.45, 2.75) is 32.4 Å². The summed E-state index contributed by atoms with van der Waals surface area (Å²) in [5.74, 6) is 0.602. The minimum atomic E-state index is -0.540. The Morgan fingerprint density at radius 3 is 2.00 bits per heavy atom. The van der Waals surface area contributed by atoms with Crippen LogP contribution in [0.4, 0.5) is 0 Å². The van der Waals surface area contributed by atoms with Gasteiger partial charge < -0.3 is 10.1 Å².